The first kappa shape index (κ1) is 16.7. The molecule has 0 aliphatic heterocycles. The Labute approximate surface area is 136 Å². The Hall–Kier alpha value is -2.63. The third kappa shape index (κ3) is 4.67. The second-order valence-corrected chi connectivity index (χ2v) is 5.10. The van der Waals surface area contributed by atoms with E-state index in [1.807, 2.05) is 45.0 Å². The van der Waals surface area contributed by atoms with Crippen LogP contribution in [0.2, 0.25) is 0 Å². The van der Waals surface area contributed by atoms with Gasteiger partial charge in [0.2, 0.25) is 5.95 Å². The lowest BCUT2D eigenvalue weighted by Crippen LogP contribution is -2.32. The Morgan fingerprint density at radius 1 is 1.26 bits per heavy atom. The van der Waals surface area contributed by atoms with Crippen LogP contribution in [-0.4, -0.2) is 28.5 Å². The number of para-hydroxylation sites is 2. The number of carbonyl (C=O) groups excluding carboxylic acids is 1. The van der Waals surface area contributed by atoms with Gasteiger partial charge in [-0.3, -0.25) is 4.79 Å². The predicted molar refractivity (Wildman–Crippen MR) is 90.1 cm³/mol. The van der Waals surface area contributed by atoms with Gasteiger partial charge in [0, 0.05) is 12.2 Å². The number of benzene rings is 1. The van der Waals surface area contributed by atoms with E-state index in [1.54, 1.807) is 12.3 Å². The lowest BCUT2D eigenvalue weighted by molar-refractivity contribution is 0.0934. The van der Waals surface area contributed by atoms with Gasteiger partial charge in [0.1, 0.15) is 11.4 Å². The summed E-state index contributed by atoms with van der Waals surface area (Å²) in [5.74, 6) is 0.866. The second kappa shape index (κ2) is 8.12. The summed E-state index contributed by atoms with van der Waals surface area (Å²) in [5, 5.41) is 5.98. The highest BCUT2D eigenvalue weighted by molar-refractivity contribution is 5.92. The van der Waals surface area contributed by atoms with Crippen molar-refractivity contribution in [2.75, 3.05) is 11.9 Å². The van der Waals surface area contributed by atoms with Crippen molar-refractivity contribution in [3.05, 3.63) is 42.2 Å². The third-order valence-corrected chi connectivity index (χ3v) is 3.31. The lowest BCUT2D eigenvalue weighted by Gasteiger charge is -2.13. The molecule has 2 aromatic rings. The fraction of sp³-hybridized carbons (Fsp3) is 0.353. The Bertz CT molecular complexity index is 661. The monoisotopic (exact) mass is 314 g/mol. The van der Waals surface area contributed by atoms with Crippen LogP contribution in [-0.2, 0) is 0 Å². The molecular weight excluding hydrogens is 292 g/mol. The molecule has 1 heterocycles. The summed E-state index contributed by atoms with van der Waals surface area (Å²) in [6.07, 6.45) is 2.42. The molecule has 2 rings (SSSR count). The first-order valence-electron chi connectivity index (χ1n) is 7.76. The van der Waals surface area contributed by atoms with Crippen LogP contribution in [0.4, 0.5) is 11.6 Å². The number of anilines is 2. The van der Waals surface area contributed by atoms with Crippen molar-refractivity contribution in [1.29, 1.82) is 0 Å². The number of nitrogens with zero attached hydrogens (tertiary/aromatic N) is 2. The molecule has 122 valence electrons. The first-order valence-corrected chi connectivity index (χ1v) is 7.76. The highest BCUT2D eigenvalue weighted by Crippen LogP contribution is 2.25. The number of ether oxygens (including phenoxy) is 1. The number of carbonyl (C=O) groups is 1. The first-order chi connectivity index (χ1) is 11.1. The molecule has 1 atom stereocenters. The fourth-order valence-corrected chi connectivity index (χ4v) is 1.92. The zero-order valence-electron chi connectivity index (χ0n) is 13.7. The van der Waals surface area contributed by atoms with Crippen molar-refractivity contribution in [3.63, 3.8) is 0 Å². The van der Waals surface area contributed by atoms with Crippen molar-refractivity contribution in [3.8, 4) is 5.75 Å². The molecular formula is C17H22N4O2. The normalized spacial score (nSPS) is 11.6. The van der Waals surface area contributed by atoms with E-state index >= 15 is 0 Å². The number of aromatic nitrogens is 2. The molecule has 0 fully saturated rings. The average Bonchev–Trinajstić information content (AvgIpc) is 2.57. The van der Waals surface area contributed by atoms with Gasteiger partial charge in [0.25, 0.3) is 5.91 Å². The van der Waals surface area contributed by atoms with Gasteiger partial charge < -0.3 is 15.4 Å². The van der Waals surface area contributed by atoms with E-state index in [1.165, 1.54) is 0 Å². The summed E-state index contributed by atoms with van der Waals surface area (Å²) in [7, 11) is 0. The average molecular weight is 314 g/mol. The molecule has 0 radical (unpaired) electrons. The molecule has 1 unspecified atom stereocenters. The molecule has 0 aliphatic carbocycles. The lowest BCUT2D eigenvalue weighted by atomic mass is 10.2. The highest BCUT2D eigenvalue weighted by atomic mass is 16.5. The van der Waals surface area contributed by atoms with Crippen LogP contribution in [0.15, 0.2) is 36.5 Å². The van der Waals surface area contributed by atoms with E-state index in [2.05, 4.69) is 20.6 Å². The van der Waals surface area contributed by atoms with Crippen LogP contribution >= 0.6 is 0 Å². The molecule has 0 bridgehead atoms. The molecule has 1 aromatic heterocycles. The molecule has 6 heteroatoms. The predicted octanol–water partition coefficient (Wildman–Crippen LogP) is 3.15. The van der Waals surface area contributed by atoms with E-state index in [-0.39, 0.29) is 11.9 Å². The summed E-state index contributed by atoms with van der Waals surface area (Å²) in [4.78, 5) is 20.6. The van der Waals surface area contributed by atoms with Gasteiger partial charge in [-0.15, -0.1) is 0 Å². The summed E-state index contributed by atoms with van der Waals surface area (Å²) >= 11 is 0. The molecule has 0 aliphatic rings. The summed E-state index contributed by atoms with van der Waals surface area (Å²) in [5.41, 5.74) is 1.09. The zero-order valence-corrected chi connectivity index (χ0v) is 13.7. The zero-order chi connectivity index (χ0) is 16.7. The maximum Gasteiger partial charge on any atom is 0.270 e. The van der Waals surface area contributed by atoms with E-state index in [4.69, 9.17) is 4.74 Å². The Balaban J connectivity index is 2.16. The van der Waals surface area contributed by atoms with Crippen molar-refractivity contribution < 1.29 is 9.53 Å². The van der Waals surface area contributed by atoms with Crippen LogP contribution < -0.4 is 15.4 Å². The maximum absolute atomic E-state index is 12.1. The fourth-order valence-electron chi connectivity index (χ4n) is 1.92. The number of hydrogen-bond donors (Lipinski definition) is 2. The van der Waals surface area contributed by atoms with E-state index in [0.29, 0.717) is 24.0 Å². The summed E-state index contributed by atoms with van der Waals surface area (Å²) in [6.45, 7) is 6.46. The van der Waals surface area contributed by atoms with E-state index in [9.17, 15) is 4.79 Å². The topological polar surface area (TPSA) is 76.1 Å². The smallest absolute Gasteiger partial charge is 0.270 e. The number of rotatable bonds is 7. The number of hydrogen-bond acceptors (Lipinski definition) is 5. The van der Waals surface area contributed by atoms with Crippen LogP contribution in [0.25, 0.3) is 0 Å². The third-order valence-electron chi connectivity index (χ3n) is 3.31. The SMILES string of the molecule is CCOc1ccccc1Nc1nccc(C(=O)NC(C)CC)n1. The minimum atomic E-state index is -0.206. The van der Waals surface area contributed by atoms with Crippen LogP contribution in [0.5, 0.6) is 5.75 Å². The van der Waals surface area contributed by atoms with Gasteiger partial charge in [-0.05, 0) is 38.5 Å². The highest BCUT2D eigenvalue weighted by Gasteiger charge is 2.12. The van der Waals surface area contributed by atoms with E-state index < -0.39 is 0 Å². The molecule has 1 amide bonds. The van der Waals surface area contributed by atoms with Crippen molar-refractivity contribution in [2.45, 2.75) is 33.2 Å². The van der Waals surface area contributed by atoms with Crippen molar-refractivity contribution in [2.24, 2.45) is 0 Å². The van der Waals surface area contributed by atoms with Crippen molar-refractivity contribution >= 4 is 17.5 Å². The molecule has 0 saturated carbocycles. The Morgan fingerprint density at radius 2 is 2.04 bits per heavy atom. The van der Waals surface area contributed by atoms with E-state index in [0.717, 1.165) is 12.1 Å². The summed E-state index contributed by atoms with van der Waals surface area (Å²) in [6, 6.07) is 9.23. The standard InChI is InChI=1S/C17H22N4O2/c1-4-12(3)19-16(22)14-10-11-18-17(21-14)20-13-8-6-7-9-15(13)23-5-2/h6-12H,4-5H2,1-3H3,(H,19,22)(H,18,20,21). The Morgan fingerprint density at radius 3 is 2.78 bits per heavy atom. The van der Waals surface area contributed by atoms with Gasteiger partial charge >= 0.3 is 0 Å². The van der Waals surface area contributed by atoms with Crippen molar-refractivity contribution in [1.82, 2.24) is 15.3 Å². The Kier molecular flexibility index (Phi) is 5.91. The van der Waals surface area contributed by atoms with Crippen LogP contribution in [0, 0.1) is 0 Å². The number of amides is 1. The van der Waals surface area contributed by atoms with Gasteiger partial charge in [0.05, 0.1) is 12.3 Å². The van der Waals surface area contributed by atoms with Crippen LogP contribution in [0.3, 0.4) is 0 Å². The molecule has 2 N–H and O–H groups in total. The molecule has 23 heavy (non-hydrogen) atoms. The molecule has 1 aromatic carbocycles. The van der Waals surface area contributed by atoms with Gasteiger partial charge in [-0.2, -0.15) is 0 Å². The molecule has 6 nitrogen and oxygen atoms in total. The quantitative estimate of drug-likeness (QED) is 0.821. The minimum absolute atomic E-state index is 0.104. The van der Waals surface area contributed by atoms with Gasteiger partial charge in [-0.1, -0.05) is 19.1 Å². The number of nitrogens with one attached hydrogen (secondary N) is 2. The van der Waals surface area contributed by atoms with Gasteiger partial charge in [-0.25, -0.2) is 9.97 Å². The second-order valence-electron chi connectivity index (χ2n) is 5.10. The largest absolute Gasteiger partial charge is 0.492 e. The van der Waals surface area contributed by atoms with Crippen LogP contribution in [0.1, 0.15) is 37.7 Å². The van der Waals surface area contributed by atoms with Gasteiger partial charge in [0.15, 0.2) is 0 Å². The summed E-state index contributed by atoms with van der Waals surface area (Å²) < 4.78 is 5.56. The molecule has 0 saturated heterocycles. The molecule has 0 spiro atoms. The maximum atomic E-state index is 12.1. The minimum Gasteiger partial charge on any atom is -0.492 e.